The van der Waals surface area contributed by atoms with Crippen LogP contribution in [0.5, 0.6) is 0 Å². The molecule has 11 heteroatoms. The van der Waals surface area contributed by atoms with Crippen LogP contribution in [0.1, 0.15) is 39.1 Å². The third-order valence-electron chi connectivity index (χ3n) is 6.13. The maximum atomic E-state index is 12.9. The van der Waals surface area contributed by atoms with Crippen molar-refractivity contribution in [2.24, 2.45) is 0 Å². The van der Waals surface area contributed by atoms with Crippen LogP contribution in [0.15, 0.2) is 30.6 Å². The first-order chi connectivity index (χ1) is 16.0. The zero-order valence-corrected chi connectivity index (χ0v) is 17.8. The number of fused-ring (bicyclic) bond motifs is 1. The Bertz CT molecular complexity index is 1130. The number of amides is 4. The molecule has 3 aliphatic heterocycles. The van der Waals surface area contributed by atoms with E-state index < -0.39 is 11.9 Å². The van der Waals surface area contributed by atoms with Gasteiger partial charge in [0.15, 0.2) is 0 Å². The number of imide groups is 1. The summed E-state index contributed by atoms with van der Waals surface area (Å²) in [6.07, 6.45) is 3.44. The van der Waals surface area contributed by atoms with Crippen molar-refractivity contribution in [1.82, 2.24) is 25.5 Å². The topological polar surface area (TPSA) is 137 Å². The van der Waals surface area contributed by atoms with Gasteiger partial charge in [0, 0.05) is 68.4 Å². The Hall–Kier alpha value is -3.86. The Morgan fingerprint density at radius 1 is 1.09 bits per heavy atom. The summed E-state index contributed by atoms with van der Waals surface area (Å²) in [7, 11) is 0. The van der Waals surface area contributed by atoms with Gasteiger partial charge in [0.05, 0.1) is 5.56 Å². The van der Waals surface area contributed by atoms with Gasteiger partial charge in [-0.05, 0) is 18.6 Å². The monoisotopic (exact) mass is 449 g/mol. The molecule has 3 N–H and O–H groups in total. The predicted octanol–water partition coefficient (Wildman–Crippen LogP) is -0.100. The van der Waals surface area contributed by atoms with Crippen LogP contribution in [0.25, 0.3) is 0 Å². The highest BCUT2D eigenvalue weighted by Gasteiger charge is 2.40. The van der Waals surface area contributed by atoms with Crippen LogP contribution in [-0.4, -0.2) is 70.7 Å². The summed E-state index contributed by atoms with van der Waals surface area (Å²) >= 11 is 0. The fourth-order valence-electron chi connectivity index (χ4n) is 4.36. The standard InChI is InChI=1S/C22H23N7O4/c30-18-5-4-17(20(32)27-18)29-12-15-14(21(29)33)2-1-3-16(15)26-19(31)13-10-24-22(25-11-13)28-8-6-23-7-9-28/h1-3,10-11,17,23H,4-9,12H2,(H,26,31)(H,27,30,32). The Labute approximate surface area is 189 Å². The number of hydrogen-bond donors (Lipinski definition) is 3. The Balaban J connectivity index is 1.31. The van der Waals surface area contributed by atoms with E-state index >= 15 is 0 Å². The van der Waals surface area contributed by atoms with E-state index in [1.807, 2.05) is 0 Å². The number of piperazine rings is 1. The number of aromatic nitrogens is 2. The van der Waals surface area contributed by atoms with Crippen molar-refractivity contribution < 1.29 is 19.2 Å². The molecule has 33 heavy (non-hydrogen) atoms. The normalized spacial score (nSPS) is 20.5. The molecule has 4 heterocycles. The molecule has 5 rings (SSSR count). The van der Waals surface area contributed by atoms with Gasteiger partial charge in [-0.25, -0.2) is 9.97 Å². The second kappa shape index (κ2) is 8.58. The Kier molecular flexibility index (Phi) is 5.47. The van der Waals surface area contributed by atoms with Crippen molar-refractivity contribution in [3.63, 3.8) is 0 Å². The van der Waals surface area contributed by atoms with E-state index in [2.05, 4.69) is 30.8 Å². The lowest BCUT2D eigenvalue weighted by Gasteiger charge is -2.29. The molecule has 170 valence electrons. The average Bonchev–Trinajstić information content (AvgIpc) is 3.17. The largest absolute Gasteiger partial charge is 0.338 e. The van der Waals surface area contributed by atoms with Gasteiger partial charge in [-0.1, -0.05) is 6.07 Å². The molecule has 0 aliphatic carbocycles. The van der Waals surface area contributed by atoms with Gasteiger partial charge in [0.25, 0.3) is 11.8 Å². The zero-order chi connectivity index (χ0) is 22.9. The number of carbonyl (C=O) groups is 4. The van der Waals surface area contributed by atoms with Crippen LogP contribution in [0.2, 0.25) is 0 Å². The molecule has 2 aromatic rings. The van der Waals surface area contributed by atoms with E-state index in [0.717, 1.165) is 26.2 Å². The summed E-state index contributed by atoms with van der Waals surface area (Å²) in [5, 5.41) is 8.40. The molecular weight excluding hydrogens is 426 g/mol. The van der Waals surface area contributed by atoms with E-state index in [-0.39, 0.29) is 37.1 Å². The first-order valence-electron chi connectivity index (χ1n) is 10.9. The SMILES string of the molecule is O=C1CCC(N2Cc3c(NC(=O)c4cnc(N5CCNCC5)nc4)cccc3C2=O)C(=O)N1. The van der Waals surface area contributed by atoms with Crippen LogP contribution in [0.3, 0.4) is 0 Å². The first kappa shape index (κ1) is 21.0. The molecule has 2 saturated heterocycles. The van der Waals surface area contributed by atoms with Crippen molar-refractivity contribution in [3.05, 3.63) is 47.3 Å². The quantitative estimate of drug-likeness (QED) is 0.551. The van der Waals surface area contributed by atoms with Gasteiger partial charge in [0.2, 0.25) is 17.8 Å². The van der Waals surface area contributed by atoms with E-state index in [1.54, 1.807) is 18.2 Å². The molecule has 1 atom stereocenters. The summed E-state index contributed by atoms with van der Waals surface area (Å²) in [4.78, 5) is 61.7. The second-order valence-corrected chi connectivity index (χ2v) is 8.19. The van der Waals surface area contributed by atoms with Crippen molar-refractivity contribution in [1.29, 1.82) is 0 Å². The lowest BCUT2D eigenvalue weighted by atomic mass is 10.0. The molecule has 1 aromatic heterocycles. The molecule has 3 aliphatic rings. The molecule has 0 saturated carbocycles. The highest BCUT2D eigenvalue weighted by Crippen LogP contribution is 2.32. The molecule has 1 aromatic carbocycles. The number of carbonyl (C=O) groups excluding carboxylic acids is 4. The minimum absolute atomic E-state index is 0.176. The molecular formula is C22H23N7O4. The van der Waals surface area contributed by atoms with E-state index in [4.69, 9.17) is 0 Å². The number of piperidine rings is 1. The van der Waals surface area contributed by atoms with Gasteiger partial charge in [0.1, 0.15) is 6.04 Å². The summed E-state index contributed by atoms with van der Waals surface area (Å²) in [5.41, 5.74) is 1.87. The van der Waals surface area contributed by atoms with Crippen LogP contribution in [0.4, 0.5) is 11.6 Å². The van der Waals surface area contributed by atoms with Gasteiger partial charge in [-0.15, -0.1) is 0 Å². The summed E-state index contributed by atoms with van der Waals surface area (Å²) < 4.78 is 0. The van der Waals surface area contributed by atoms with Crippen LogP contribution >= 0.6 is 0 Å². The number of nitrogens with one attached hydrogen (secondary N) is 3. The minimum atomic E-state index is -0.711. The van der Waals surface area contributed by atoms with Crippen molar-refractivity contribution in [2.75, 3.05) is 36.4 Å². The van der Waals surface area contributed by atoms with E-state index in [9.17, 15) is 19.2 Å². The molecule has 11 nitrogen and oxygen atoms in total. The zero-order valence-electron chi connectivity index (χ0n) is 17.8. The summed E-state index contributed by atoms with van der Waals surface area (Å²) in [5.74, 6) is -0.904. The number of rotatable bonds is 4. The smallest absolute Gasteiger partial charge is 0.258 e. The van der Waals surface area contributed by atoms with Gasteiger partial charge in [-0.3, -0.25) is 24.5 Å². The predicted molar refractivity (Wildman–Crippen MR) is 118 cm³/mol. The maximum absolute atomic E-state index is 12.9. The Morgan fingerprint density at radius 2 is 1.85 bits per heavy atom. The van der Waals surface area contributed by atoms with Crippen molar-refractivity contribution in [2.45, 2.75) is 25.4 Å². The summed E-state index contributed by atoms with van der Waals surface area (Å²) in [6.45, 7) is 3.51. The van der Waals surface area contributed by atoms with Crippen LogP contribution in [-0.2, 0) is 16.1 Å². The van der Waals surface area contributed by atoms with Crippen molar-refractivity contribution in [3.8, 4) is 0 Å². The first-order valence-corrected chi connectivity index (χ1v) is 10.9. The van der Waals surface area contributed by atoms with E-state index in [1.165, 1.54) is 17.3 Å². The summed E-state index contributed by atoms with van der Waals surface area (Å²) in [6, 6.07) is 4.36. The fourth-order valence-corrected chi connectivity index (χ4v) is 4.36. The average molecular weight is 449 g/mol. The van der Waals surface area contributed by atoms with E-state index in [0.29, 0.717) is 28.3 Å². The highest BCUT2D eigenvalue weighted by molar-refractivity contribution is 6.08. The molecule has 0 bridgehead atoms. The van der Waals surface area contributed by atoms with Gasteiger partial charge < -0.3 is 20.4 Å². The molecule has 1 unspecified atom stereocenters. The minimum Gasteiger partial charge on any atom is -0.338 e. The lowest BCUT2D eigenvalue weighted by molar-refractivity contribution is -0.136. The second-order valence-electron chi connectivity index (χ2n) is 8.19. The lowest BCUT2D eigenvalue weighted by Crippen LogP contribution is -2.52. The maximum Gasteiger partial charge on any atom is 0.258 e. The third-order valence-corrected chi connectivity index (χ3v) is 6.13. The van der Waals surface area contributed by atoms with Crippen LogP contribution < -0.4 is 20.9 Å². The molecule has 0 radical (unpaired) electrons. The number of anilines is 2. The fraction of sp³-hybridized carbons (Fsp3) is 0.364. The van der Waals surface area contributed by atoms with Gasteiger partial charge in [-0.2, -0.15) is 0 Å². The highest BCUT2D eigenvalue weighted by atomic mass is 16.2. The molecule has 4 amide bonds. The molecule has 0 spiro atoms. The van der Waals surface area contributed by atoms with Crippen LogP contribution in [0, 0.1) is 0 Å². The van der Waals surface area contributed by atoms with Crippen molar-refractivity contribution >= 4 is 35.3 Å². The third kappa shape index (κ3) is 4.02. The Morgan fingerprint density at radius 3 is 2.58 bits per heavy atom. The number of hydrogen-bond acceptors (Lipinski definition) is 8. The number of nitrogens with zero attached hydrogens (tertiary/aromatic N) is 4. The van der Waals surface area contributed by atoms with Gasteiger partial charge >= 0.3 is 0 Å². The number of benzene rings is 1. The molecule has 2 fully saturated rings.